The van der Waals surface area contributed by atoms with E-state index in [1.54, 1.807) is 12.1 Å². The molecule has 6 heteroatoms. The number of amides is 1. The lowest BCUT2D eigenvalue weighted by molar-refractivity contribution is -0.136. The maximum absolute atomic E-state index is 11.9. The Kier molecular flexibility index (Phi) is 8.16. The number of aliphatic carboxylic acids is 1. The Labute approximate surface area is 159 Å². The molecule has 0 aromatic heterocycles. The van der Waals surface area contributed by atoms with Crippen LogP contribution in [0.2, 0.25) is 0 Å². The van der Waals surface area contributed by atoms with Crippen molar-refractivity contribution < 1.29 is 19.4 Å². The molecule has 6 nitrogen and oxygen atoms in total. The number of carboxylic acids is 1. The fraction of sp³-hybridized carbons (Fsp3) is 0.333. The first kappa shape index (κ1) is 20.3. The zero-order valence-electron chi connectivity index (χ0n) is 15.5. The van der Waals surface area contributed by atoms with Gasteiger partial charge in [0.05, 0.1) is 13.0 Å². The van der Waals surface area contributed by atoms with Crippen molar-refractivity contribution in [2.45, 2.75) is 32.7 Å². The molecular weight excluding hydrogens is 344 g/mol. The number of carbonyl (C=O) groups is 2. The SMILES string of the molecule is CCCCOc1ccc(NCc2ccc(C(=O)NCCC(=O)O)cc2)cc1. The van der Waals surface area contributed by atoms with Crippen LogP contribution in [0.15, 0.2) is 48.5 Å². The average Bonchev–Trinajstić information content (AvgIpc) is 2.67. The maximum Gasteiger partial charge on any atom is 0.305 e. The predicted octanol–water partition coefficient (Wildman–Crippen LogP) is 3.68. The van der Waals surface area contributed by atoms with Crippen LogP contribution in [0.25, 0.3) is 0 Å². The number of hydrogen-bond acceptors (Lipinski definition) is 4. The topological polar surface area (TPSA) is 87.7 Å². The number of nitrogens with one attached hydrogen (secondary N) is 2. The Morgan fingerprint density at radius 3 is 2.37 bits per heavy atom. The van der Waals surface area contributed by atoms with Crippen LogP contribution in [0.4, 0.5) is 5.69 Å². The third-order valence-corrected chi connectivity index (χ3v) is 3.96. The summed E-state index contributed by atoms with van der Waals surface area (Å²) in [6.07, 6.45) is 2.08. The molecule has 3 N–H and O–H groups in total. The number of hydrogen-bond donors (Lipinski definition) is 3. The molecule has 0 aliphatic heterocycles. The highest BCUT2D eigenvalue weighted by Gasteiger charge is 2.06. The van der Waals surface area contributed by atoms with Crippen LogP contribution in [0.1, 0.15) is 42.1 Å². The van der Waals surface area contributed by atoms with Gasteiger partial charge in [0.1, 0.15) is 5.75 Å². The monoisotopic (exact) mass is 370 g/mol. The molecule has 0 heterocycles. The molecule has 144 valence electrons. The normalized spacial score (nSPS) is 10.3. The number of ether oxygens (including phenoxy) is 1. The van der Waals surface area contributed by atoms with E-state index in [-0.39, 0.29) is 18.9 Å². The van der Waals surface area contributed by atoms with Gasteiger partial charge in [-0.1, -0.05) is 25.5 Å². The van der Waals surface area contributed by atoms with E-state index in [9.17, 15) is 9.59 Å². The van der Waals surface area contributed by atoms with Crippen LogP contribution in [-0.4, -0.2) is 30.1 Å². The highest BCUT2D eigenvalue weighted by atomic mass is 16.5. The van der Waals surface area contributed by atoms with Crippen LogP contribution in [-0.2, 0) is 11.3 Å². The van der Waals surface area contributed by atoms with E-state index >= 15 is 0 Å². The summed E-state index contributed by atoms with van der Waals surface area (Å²) < 4.78 is 5.64. The Morgan fingerprint density at radius 2 is 1.74 bits per heavy atom. The molecule has 2 rings (SSSR count). The maximum atomic E-state index is 11.9. The van der Waals surface area contributed by atoms with Crippen LogP contribution in [0.5, 0.6) is 5.75 Å². The third-order valence-electron chi connectivity index (χ3n) is 3.96. The van der Waals surface area contributed by atoms with Crippen molar-refractivity contribution in [3.05, 3.63) is 59.7 Å². The summed E-state index contributed by atoms with van der Waals surface area (Å²) in [6, 6.07) is 15.1. The van der Waals surface area contributed by atoms with Crippen molar-refractivity contribution in [2.24, 2.45) is 0 Å². The lowest BCUT2D eigenvalue weighted by Crippen LogP contribution is -2.25. The Bertz CT molecular complexity index is 727. The van der Waals surface area contributed by atoms with E-state index in [0.29, 0.717) is 12.1 Å². The largest absolute Gasteiger partial charge is 0.494 e. The number of carbonyl (C=O) groups excluding carboxylic acids is 1. The Morgan fingerprint density at radius 1 is 1.04 bits per heavy atom. The quantitative estimate of drug-likeness (QED) is 0.525. The zero-order chi connectivity index (χ0) is 19.5. The summed E-state index contributed by atoms with van der Waals surface area (Å²) in [6.45, 7) is 3.63. The molecule has 0 saturated carbocycles. The first-order chi connectivity index (χ1) is 13.1. The molecule has 0 spiro atoms. The molecule has 1 amide bonds. The van der Waals surface area contributed by atoms with E-state index in [0.717, 1.165) is 36.4 Å². The minimum atomic E-state index is -0.933. The van der Waals surface area contributed by atoms with Crippen molar-refractivity contribution >= 4 is 17.6 Å². The van der Waals surface area contributed by atoms with E-state index < -0.39 is 5.97 Å². The van der Waals surface area contributed by atoms with Gasteiger partial charge < -0.3 is 20.5 Å². The predicted molar refractivity (Wildman–Crippen MR) is 105 cm³/mol. The zero-order valence-corrected chi connectivity index (χ0v) is 15.5. The summed E-state index contributed by atoms with van der Waals surface area (Å²) in [5.74, 6) is -0.334. The van der Waals surface area contributed by atoms with Gasteiger partial charge in [-0.25, -0.2) is 0 Å². The fourth-order valence-electron chi connectivity index (χ4n) is 2.37. The van der Waals surface area contributed by atoms with E-state index in [1.165, 1.54) is 0 Å². The molecule has 0 aliphatic carbocycles. The minimum absolute atomic E-state index is 0.0871. The second kappa shape index (κ2) is 10.9. The van der Waals surface area contributed by atoms with Crippen molar-refractivity contribution in [3.8, 4) is 5.75 Å². The van der Waals surface area contributed by atoms with Crippen LogP contribution >= 0.6 is 0 Å². The van der Waals surface area contributed by atoms with E-state index in [4.69, 9.17) is 9.84 Å². The average molecular weight is 370 g/mol. The van der Waals surface area contributed by atoms with Crippen molar-refractivity contribution in [1.82, 2.24) is 5.32 Å². The highest BCUT2D eigenvalue weighted by Crippen LogP contribution is 2.17. The number of anilines is 1. The van der Waals surface area contributed by atoms with Crippen LogP contribution in [0, 0.1) is 0 Å². The van der Waals surface area contributed by atoms with E-state index in [2.05, 4.69) is 17.6 Å². The van der Waals surface area contributed by atoms with E-state index in [1.807, 2.05) is 36.4 Å². The molecule has 0 aliphatic rings. The Hall–Kier alpha value is -3.02. The number of unbranched alkanes of at least 4 members (excludes halogenated alkanes) is 1. The fourth-order valence-corrected chi connectivity index (χ4v) is 2.37. The van der Waals surface area contributed by atoms with Gasteiger partial charge in [-0.2, -0.15) is 0 Å². The number of benzene rings is 2. The highest BCUT2D eigenvalue weighted by molar-refractivity contribution is 5.94. The second-order valence-electron chi connectivity index (χ2n) is 6.18. The molecule has 0 radical (unpaired) electrons. The van der Waals surface area contributed by atoms with Gasteiger partial charge in [-0.15, -0.1) is 0 Å². The lowest BCUT2D eigenvalue weighted by Gasteiger charge is -2.09. The molecular formula is C21H26N2O4. The van der Waals surface area contributed by atoms with Gasteiger partial charge in [-0.3, -0.25) is 9.59 Å². The van der Waals surface area contributed by atoms with Gasteiger partial charge in [0, 0.05) is 24.3 Å². The standard InChI is InChI=1S/C21H26N2O4/c1-2-3-14-27-19-10-8-18(9-11-19)23-15-16-4-6-17(7-5-16)21(26)22-13-12-20(24)25/h4-11,23H,2-3,12-15H2,1H3,(H,22,26)(H,24,25). The van der Waals surface area contributed by atoms with Crippen LogP contribution in [0.3, 0.4) is 0 Å². The minimum Gasteiger partial charge on any atom is -0.494 e. The molecule has 0 atom stereocenters. The molecule has 0 fully saturated rings. The van der Waals surface area contributed by atoms with Crippen molar-refractivity contribution in [3.63, 3.8) is 0 Å². The molecule has 0 bridgehead atoms. The Balaban J connectivity index is 1.79. The second-order valence-corrected chi connectivity index (χ2v) is 6.18. The summed E-state index contributed by atoms with van der Waals surface area (Å²) >= 11 is 0. The van der Waals surface area contributed by atoms with Gasteiger partial charge in [0.25, 0.3) is 5.91 Å². The van der Waals surface area contributed by atoms with Crippen LogP contribution < -0.4 is 15.4 Å². The molecule has 27 heavy (non-hydrogen) atoms. The molecule has 0 saturated heterocycles. The summed E-state index contributed by atoms with van der Waals surface area (Å²) in [5.41, 5.74) is 2.55. The molecule has 2 aromatic rings. The first-order valence-corrected chi connectivity index (χ1v) is 9.14. The lowest BCUT2D eigenvalue weighted by atomic mass is 10.1. The summed E-state index contributed by atoms with van der Waals surface area (Å²) in [5, 5.41) is 14.5. The van der Waals surface area contributed by atoms with Gasteiger partial charge in [0.15, 0.2) is 0 Å². The number of rotatable bonds is 11. The third kappa shape index (κ3) is 7.40. The van der Waals surface area contributed by atoms with Gasteiger partial charge >= 0.3 is 5.97 Å². The van der Waals surface area contributed by atoms with Crippen molar-refractivity contribution in [1.29, 1.82) is 0 Å². The first-order valence-electron chi connectivity index (χ1n) is 9.14. The smallest absolute Gasteiger partial charge is 0.305 e. The van der Waals surface area contributed by atoms with Crippen molar-refractivity contribution in [2.75, 3.05) is 18.5 Å². The summed E-state index contributed by atoms with van der Waals surface area (Å²) in [7, 11) is 0. The van der Waals surface area contributed by atoms with Gasteiger partial charge in [-0.05, 0) is 48.4 Å². The van der Waals surface area contributed by atoms with Gasteiger partial charge in [0.2, 0.25) is 0 Å². The number of carboxylic acid groups (broad SMARTS) is 1. The molecule has 0 unspecified atom stereocenters. The molecule has 2 aromatic carbocycles. The summed E-state index contributed by atoms with van der Waals surface area (Å²) in [4.78, 5) is 22.4.